The maximum atomic E-state index is 14.5. The van der Waals surface area contributed by atoms with Gasteiger partial charge in [0.2, 0.25) is 5.88 Å². The lowest BCUT2D eigenvalue weighted by Crippen LogP contribution is -2.18. The number of benzene rings is 2. The molecule has 0 aliphatic heterocycles. The van der Waals surface area contributed by atoms with Crippen molar-refractivity contribution in [3.63, 3.8) is 0 Å². The predicted octanol–water partition coefficient (Wildman–Crippen LogP) is 2.84. The van der Waals surface area contributed by atoms with Gasteiger partial charge in [-0.3, -0.25) is 4.98 Å². The normalized spacial score (nSPS) is 12.1. The molecule has 13 heteroatoms. The van der Waals surface area contributed by atoms with Crippen LogP contribution >= 0.6 is 11.6 Å². The van der Waals surface area contributed by atoms with Crippen LogP contribution in [0.15, 0.2) is 29.1 Å². The molecule has 0 fully saturated rings. The second-order valence-electron chi connectivity index (χ2n) is 8.03. The second kappa shape index (κ2) is 10.7. The lowest BCUT2D eigenvalue weighted by atomic mass is 10.1. The van der Waals surface area contributed by atoms with E-state index in [1.807, 2.05) is 0 Å². The van der Waals surface area contributed by atoms with E-state index in [1.165, 1.54) is 37.0 Å². The van der Waals surface area contributed by atoms with Gasteiger partial charge in [0, 0.05) is 12.5 Å². The number of nitrogens with one attached hydrogen (secondary N) is 1. The summed E-state index contributed by atoms with van der Waals surface area (Å²) < 4.78 is 45.8. The number of aromatic amines is 1. The Labute approximate surface area is 214 Å². The molecular weight excluding hydrogens is 514 g/mol. The fourth-order valence-electron chi connectivity index (χ4n) is 3.85. The van der Waals surface area contributed by atoms with E-state index in [-0.39, 0.29) is 51.2 Å². The van der Waals surface area contributed by atoms with Gasteiger partial charge in [0.15, 0.2) is 17.3 Å². The average Bonchev–Trinajstić information content (AvgIpc) is 3.20. The number of aryl methyl sites for hydroxylation is 1. The molecule has 37 heavy (non-hydrogen) atoms. The van der Waals surface area contributed by atoms with Crippen molar-refractivity contribution >= 4 is 22.8 Å². The van der Waals surface area contributed by atoms with Gasteiger partial charge in [-0.1, -0.05) is 11.6 Å². The van der Waals surface area contributed by atoms with Gasteiger partial charge >= 0.3 is 5.69 Å². The van der Waals surface area contributed by atoms with Crippen LogP contribution in [0.2, 0.25) is 5.02 Å². The summed E-state index contributed by atoms with van der Waals surface area (Å²) in [6, 6.07) is 5.05. The molecule has 1 unspecified atom stereocenters. The number of aliphatic hydroxyl groups is 2. The minimum atomic E-state index is -1.15. The van der Waals surface area contributed by atoms with E-state index < -0.39 is 36.6 Å². The quantitative estimate of drug-likeness (QED) is 0.297. The van der Waals surface area contributed by atoms with E-state index in [4.69, 9.17) is 25.8 Å². The summed E-state index contributed by atoms with van der Waals surface area (Å²) in [5.74, 6) is -1.57. The molecule has 196 valence electrons. The average molecular weight is 537 g/mol. The summed E-state index contributed by atoms with van der Waals surface area (Å²) in [6.07, 6.45) is -1.23. The van der Waals surface area contributed by atoms with Crippen molar-refractivity contribution in [2.45, 2.75) is 26.1 Å². The van der Waals surface area contributed by atoms with Gasteiger partial charge in [0.1, 0.15) is 29.4 Å². The Morgan fingerprint density at radius 1 is 1.16 bits per heavy atom. The zero-order valence-corrected chi connectivity index (χ0v) is 20.8. The number of halogens is 3. The van der Waals surface area contributed by atoms with E-state index in [0.717, 1.165) is 6.07 Å². The number of rotatable bonds is 9. The first-order valence-corrected chi connectivity index (χ1v) is 11.3. The van der Waals surface area contributed by atoms with Crippen molar-refractivity contribution in [1.82, 2.24) is 19.5 Å². The van der Waals surface area contributed by atoms with Crippen LogP contribution in [-0.4, -0.2) is 56.7 Å². The molecule has 0 bridgehead atoms. The monoisotopic (exact) mass is 536 g/mol. The minimum absolute atomic E-state index is 0.0668. The molecule has 0 amide bonds. The van der Waals surface area contributed by atoms with Crippen molar-refractivity contribution in [2.24, 2.45) is 0 Å². The fraction of sp³-hybridized carbons (Fsp3) is 0.292. The zero-order chi connectivity index (χ0) is 26.9. The SMILES string of the molecule is COc1ccc(F)c(F)c1COc1cc(-n2c(=O)[nH]c3c(OC)nc(C)nc32)c(Cl)cc1CC(O)CO. The molecule has 0 aliphatic rings. The summed E-state index contributed by atoms with van der Waals surface area (Å²) in [6.45, 7) is 0.636. The van der Waals surface area contributed by atoms with Gasteiger partial charge in [-0.05, 0) is 30.7 Å². The highest BCUT2D eigenvalue weighted by Crippen LogP contribution is 2.34. The van der Waals surface area contributed by atoms with E-state index in [9.17, 15) is 23.8 Å². The number of aliphatic hydroxyl groups excluding tert-OH is 2. The van der Waals surface area contributed by atoms with Crippen LogP contribution < -0.4 is 19.9 Å². The van der Waals surface area contributed by atoms with Crippen molar-refractivity contribution < 1.29 is 33.2 Å². The molecule has 3 N–H and O–H groups in total. The predicted molar refractivity (Wildman–Crippen MR) is 130 cm³/mol. The maximum Gasteiger partial charge on any atom is 0.332 e. The van der Waals surface area contributed by atoms with Gasteiger partial charge in [0.05, 0.1) is 43.2 Å². The maximum absolute atomic E-state index is 14.5. The van der Waals surface area contributed by atoms with Gasteiger partial charge in [-0.15, -0.1) is 0 Å². The van der Waals surface area contributed by atoms with E-state index in [1.54, 1.807) is 6.92 Å². The molecular formula is C24H23ClF2N4O6. The molecule has 10 nitrogen and oxygen atoms in total. The summed E-state index contributed by atoms with van der Waals surface area (Å²) in [5.41, 5.74) is 0.155. The smallest absolute Gasteiger partial charge is 0.332 e. The number of hydrogen-bond acceptors (Lipinski definition) is 8. The first kappa shape index (κ1) is 26.3. The second-order valence-corrected chi connectivity index (χ2v) is 8.43. The molecule has 2 heterocycles. The standard InChI is InChI=1S/C24H23ClF2N4O6/c1-11-28-22-21(23(29-11)36-3)30-24(34)31(22)17-8-19(12(7-15(17)25)6-13(33)9-32)37-10-14-18(35-2)5-4-16(26)20(14)27/h4-5,7-8,13,32-33H,6,9-10H2,1-3H3,(H,30,34). The van der Waals surface area contributed by atoms with Crippen molar-refractivity contribution in [3.8, 4) is 23.1 Å². The fourth-order valence-corrected chi connectivity index (χ4v) is 4.12. The summed E-state index contributed by atoms with van der Waals surface area (Å²) in [5, 5.41) is 19.5. The summed E-state index contributed by atoms with van der Waals surface area (Å²) >= 11 is 6.54. The number of nitrogens with zero attached hydrogens (tertiary/aromatic N) is 3. The van der Waals surface area contributed by atoms with Crippen molar-refractivity contribution in [1.29, 1.82) is 0 Å². The zero-order valence-electron chi connectivity index (χ0n) is 20.0. The number of methoxy groups -OCH3 is 2. The molecule has 1 atom stereocenters. The first-order valence-electron chi connectivity index (χ1n) is 11.0. The van der Waals surface area contributed by atoms with Crippen LogP contribution in [0.25, 0.3) is 16.9 Å². The number of fused-ring (bicyclic) bond motifs is 1. The Kier molecular flexibility index (Phi) is 7.62. The van der Waals surface area contributed by atoms with E-state index >= 15 is 0 Å². The van der Waals surface area contributed by atoms with Crippen LogP contribution in [0.3, 0.4) is 0 Å². The third-order valence-corrected chi connectivity index (χ3v) is 5.89. The van der Waals surface area contributed by atoms with Crippen LogP contribution in [0.1, 0.15) is 17.0 Å². The Bertz CT molecular complexity index is 1520. The molecule has 2 aromatic heterocycles. The van der Waals surface area contributed by atoms with Gasteiger partial charge in [-0.25, -0.2) is 23.1 Å². The largest absolute Gasteiger partial charge is 0.496 e. The third kappa shape index (κ3) is 5.08. The molecule has 4 rings (SSSR count). The first-order chi connectivity index (χ1) is 17.7. The number of imidazole rings is 1. The highest BCUT2D eigenvalue weighted by atomic mass is 35.5. The molecule has 0 spiro atoms. The Morgan fingerprint density at radius 2 is 1.92 bits per heavy atom. The van der Waals surface area contributed by atoms with Crippen LogP contribution in [0, 0.1) is 18.6 Å². The lowest BCUT2D eigenvalue weighted by Gasteiger charge is -2.18. The topological polar surface area (TPSA) is 132 Å². The lowest BCUT2D eigenvalue weighted by molar-refractivity contribution is 0.0947. The Morgan fingerprint density at radius 3 is 2.59 bits per heavy atom. The third-order valence-electron chi connectivity index (χ3n) is 5.59. The van der Waals surface area contributed by atoms with Crippen LogP contribution in [0.5, 0.6) is 17.4 Å². The number of hydrogen-bond donors (Lipinski definition) is 3. The molecule has 0 saturated heterocycles. The molecule has 0 radical (unpaired) electrons. The highest BCUT2D eigenvalue weighted by Gasteiger charge is 2.22. The van der Waals surface area contributed by atoms with Gasteiger partial charge in [-0.2, -0.15) is 4.98 Å². The van der Waals surface area contributed by atoms with Crippen LogP contribution in [0.4, 0.5) is 8.78 Å². The van der Waals surface area contributed by atoms with Crippen molar-refractivity contribution in [2.75, 3.05) is 20.8 Å². The number of ether oxygens (including phenoxy) is 3. The number of H-pyrrole nitrogens is 1. The van der Waals surface area contributed by atoms with Crippen molar-refractivity contribution in [3.05, 3.63) is 68.4 Å². The molecule has 2 aromatic carbocycles. The van der Waals surface area contributed by atoms with Gasteiger partial charge in [0.25, 0.3) is 0 Å². The van der Waals surface area contributed by atoms with Crippen LogP contribution in [-0.2, 0) is 13.0 Å². The number of aromatic nitrogens is 4. The summed E-state index contributed by atoms with van der Waals surface area (Å²) in [4.78, 5) is 24.1. The Hall–Kier alpha value is -3.74. The molecule has 0 aliphatic carbocycles. The molecule has 4 aromatic rings. The van der Waals surface area contributed by atoms with Gasteiger partial charge < -0.3 is 24.4 Å². The highest BCUT2D eigenvalue weighted by molar-refractivity contribution is 6.32. The summed E-state index contributed by atoms with van der Waals surface area (Å²) in [7, 11) is 2.71. The minimum Gasteiger partial charge on any atom is -0.496 e. The molecule has 0 saturated carbocycles. The van der Waals surface area contributed by atoms with E-state index in [0.29, 0.717) is 11.4 Å². The Balaban J connectivity index is 1.86. The van der Waals surface area contributed by atoms with E-state index in [2.05, 4.69) is 15.0 Å².